The van der Waals surface area contributed by atoms with Crippen LogP contribution in [0.15, 0.2) is 12.3 Å². The Bertz CT molecular complexity index is 367. The van der Waals surface area contributed by atoms with Crippen molar-refractivity contribution in [2.45, 2.75) is 18.6 Å². The van der Waals surface area contributed by atoms with Crippen molar-refractivity contribution in [2.75, 3.05) is 36.1 Å². The Labute approximate surface area is 101 Å². The van der Waals surface area contributed by atoms with Crippen molar-refractivity contribution in [3.05, 3.63) is 12.3 Å². The predicted octanol–water partition coefficient (Wildman–Crippen LogP) is 1.85. The van der Waals surface area contributed by atoms with Gasteiger partial charge in [0.15, 0.2) is 0 Å². The van der Waals surface area contributed by atoms with E-state index in [4.69, 9.17) is 0 Å². The van der Waals surface area contributed by atoms with Gasteiger partial charge in [0.2, 0.25) is 5.95 Å². The van der Waals surface area contributed by atoms with Crippen LogP contribution in [0.3, 0.4) is 0 Å². The van der Waals surface area contributed by atoms with Gasteiger partial charge in [0, 0.05) is 36.8 Å². The maximum atomic E-state index is 4.47. The average molecular weight is 238 g/mol. The topological polar surface area (TPSA) is 41.1 Å². The van der Waals surface area contributed by atoms with Gasteiger partial charge >= 0.3 is 0 Å². The molecule has 4 nitrogen and oxygen atoms in total. The van der Waals surface area contributed by atoms with E-state index in [0.717, 1.165) is 24.7 Å². The van der Waals surface area contributed by atoms with Crippen LogP contribution >= 0.6 is 11.8 Å². The predicted molar refractivity (Wildman–Crippen MR) is 70.3 cm³/mol. The molecule has 5 heteroatoms. The third-order valence-corrected chi connectivity index (χ3v) is 3.91. The summed E-state index contributed by atoms with van der Waals surface area (Å²) < 4.78 is 0.309. The summed E-state index contributed by atoms with van der Waals surface area (Å²) in [5.74, 6) is 2.87. The van der Waals surface area contributed by atoms with Crippen molar-refractivity contribution >= 4 is 23.5 Å². The van der Waals surface area contributed by atoms with Crippen LogP contribution in [0.1, 0.15) is 13.8 Å². The van der Waals surface area contributed by atoms with Crippen molar-refractivity contribution in [1.82, 2.24) is 9.97 Å². The number of hydrogen-bond donors (Lipinski definition) is 1. The molecule has 1 aliphatic rings. The maximum Gasteiger partial charge on any atom is 0.224 e. The van der Waals surface area contributed by atoms with E-state index in [1.165, 1.54) is 0 Å². The highest BCUT2D eigenvalue weighted by atomic mass is 32.2. The summed E-state index contributed by atoms with van der Waals surface area (Å²) in [6.07, 6.45) is 1.81. The molecule has 0 aromatic carbocycles. The third kappa shape index (κ3) is 2.58. The number of anilines is 2. The van der Waals surface area contributed by atoms with E-state index in [0.29, 0.717) is 10.7 Å². The summed E-state index contributed by atoms with van der Waals surface area (Å²) in [6.45, 7) is 6.67. The van der Waals surface area contributed by atoms with Crippen LogP contribution in [0.5, 0.6) is 0 Å². The highest BCUT2D eigenvalue weighted by Gasteiger charge is 2.27. The molecule has 1 N–H and O–H groups in total. The van der Waals surface area contributed by atoms with E-state index < -0.39 is 0 Å². The van der Waals surface area contributed by atoms with Gasteiger partial charge in [0.1, 0.15) is 5.82 Å². The van der Waals surface area contributed by atoms with Crippen molar-refractivity contribution in [2.24, 2.45) is 0 Å². The number of thioether (sulfide) groups is 1. The Morgan fingerprint density at radius 1 is 1.50 bits per heavy atom. The SMILES string of the molecule is CNc1nccc(N2CCSC(C)(C)C2)n1. The van der Waals surface area contributed by atoms with Gasteiger partial charge in [-0.2, -0.15) is 16.7 Å². The summed E-state index contributed by atoms with van der Waals surface area (Å²) in [5.41, 5.74) is 0. The minimum absolute atomic E-state index is 0.309. The van der Waals surface area contributed by atoms with Crippen molar-refractivity contribution in [1.29, 1.82) is 0 Å². The molecule has 1 aromatic rings. The highest BCUT2D eigenvalue weighted by molar-refractivity contribution is 8.00. The van der Waals surface area contributed by atoms with E-state index in [9.17, 15) is 0 Å². The maximum absolute atomic E-state index is 4.47. The van der Waals surface area contributed by atoms with Gasteiger partial charge in [0.05, 0.1) is 0 Å². The second-order valence-corrected chi connectivity index (χ2v) is 6.32. The zero-order chi connectivity index (χ0) is 11.6. The van der Waals surface area contributed by atoms with Gasteiger partial charge in [-0.1, -0.05) is 0 Å². The van der Waals surface area contributed by atoms with E-state index in [1.54, 1.807) is 0 Å². The zero-order valence-electron chi connectivity index (χ0n) is 10.0. The highest BCUT2D eigenvalue weighted by Crippen LogP contribution is 2.31. The van der Waals surface area contributed by atoms with Crippen LogP contribution in [0.4, 0.5) is 11.8 Å². The number of rotatable bonds is 2. The Kier molecular flexibility index (Phi) is 3.23. The van der Waals surface area contributed by atoms with Crippen molar-refractivity contribution < 1.29 is 0 Å². The quantitative estimate of drug-likeness (QED) is 0.851. The molecule has 1 aromatic heterocycles. The molecule has 2 rings (SSSR count). The molecule has 1 fully saturated rings. The lowest BCUT2D eigenvalue weighted by atomic mass is 10.2. The first-order valence-corrected chi connectivity index (χ1v) is 6.49. The molecule has 0 bridgehead atoms. The largest absolute Gasteiger partial charge is 0.357 e. The third-order valence-electron chi connectivity index (χ3n) is 2.61. The lowest BCUT2D eigenvalue weighted by Gasteiger charge is -2.38. The molecule has 0 aliphatic carbocycles. The van der Waals surface area contributed by atoms with Gasteiger partial charge in [-0.25, -0.2) is 4.98 Å². The number of nitrogens with zero attached hydrogens (tertiary/aromatic N) is 3. The zero-order valence-corrected chi connectivity index (χ0v) is 10.8. The summed E-state index contributed by atoms with van der Waals surface area (Å²) in [4.78, 5) is 10.9. The fraction of sp³-hybridized carbons (Fsp3) is 0.636. The van der Waals surface area contributed by atoms with Gasteiger partial charge in [-0.3, -0.25) is 0 Å². The molecule has 0 unspecified atom stereocenters. The molecule has 2 heterocycles. The minimum Gasteiger partial charge on any atom is -0.357 e. The molecular weight excluding hydrogens is 220 g/mol. The molecule has 0 amide bonds. The Hall–Kier alpha value is -0.970. The summed E-state index contributed by atoms with van der Waals surface area (Å²) in [7, 11) is 1.84. The standard InChI is InChI=1S/C11H18N4S/c1-11(2)8-15(6-7-16-11)9-4-5-13-10(12-3)14-9/h4-5H,6-8H2,1-3H3,(H,12,13,14). The summed E-state index contributed by atoms with van der Waals surface area (Å²) in [6, 6.07) is 1.98. The first-order valence-electron chi connectivity index (χ1n) is 5.50. The van der Waals surface area contributed by atoms with Crippen LogP contribution in [-0.2, 0) is 0 Å². The van der Waals surface area contributed by atoms with Crippen LogP contribution in [0.25, 0.3) is 0 Å². The monoisotopic (exact) mass is 238 g/mol. The number of nitrogens with one attached hydrogen (secondary N) is 1. The van der Waals surface area contributed by atoms with Crippen LogP contribution in [0, 0.1) is 0 Å². The van der Waals surface area contributed by atoms with E-state index in [1.807, 2.05) is 31.1 Å². The molecule has 0 saturated carbocycles. The Morgan fingerprint density at radius 3 is 3.00 bits per heavy atom. The van der Waals surface area contributed by atoms with Gasteiger partial charge in [0.25, 0.3) is 0 Å². The second kappa shape index (κ2) is 4.49. The Morgan fingerprint density at radius 2 is 2.31 bits per heavy atom. The lowest BCUT2D eigenvalue weighted by molar-refractivity contribution is 0.642. The fourth-order valence-corrected chi connectivity index (χ4v) is 2.97. The second-order valence-electron chi connectivity index (χ2n) is 4.52. The smallest absolute Gasteiger partial charge is 0.224 e. The van der Waals surface area contributed by atoms with Crippen LogP contribution < -0.4 is 10.2 Å². The molecule has 0 atom stereocenters. The van der Waals surface area contributed by atoms with Gasteiger partial charge in [-0.15, -0.1) is 0 Å². The van der Waals surface area contributed by atoms with Gasteiger partial charge in [-0.05, 0) is 19.9 Å². The minimum atomic E-state index is 0.309. The average Bonchev–Trinajstić information content (AvgIpc) is 2.28. The van der Waals surface area contributed by atoms with Crippen molar-refractivity contribution in [3.8, 4) is 0 Å². The normalized spacial score (nSPS) is 19.6. The fourth-order valence-electron chi connectivity index (χ4n) is 1.86. The number of hydrogen-bond acceptors (Lipinski definition) is 5. The summed E-state index contributed by atoms with van der Waals surface area (Å²) in [5, 5.41) is 2.97. The van der Waals surface area contributed by atoms with Gasteiger partial charge < -0.3 is 10.2 Å². The van der Waals surface area contributed by atoms with Crippen molar-refractivity contribution in [3.63, 3.8) is 0 Å². The van der Waals surface area contributed by atoms with Crippen LogP contribution in [-0.4, -0.2) is 40.6 Å². The molecule has 0 radical (unpaired) electrons. The summed E-state index contributed by atoms with van der Waals surface area (Å²) >= 11 is 2.03. The van der Waals surface area contributed by atoms with Crippen LogP contribution in [0.2, 0.25) is 0 Å². The van der Waals surface area contributed by atoms with E-state index in [-0.39, 0.29) is 0 Å². The lowest BCUT2D eigenvalue weighted by Crippen LogP contribution is -2.43. The molecule has 1 saturated heterocycles. The van der Waals surface area contributed by atoms with E-state index in [2.05, 4.69) is 34.0 Å². The van der Waals surface area contributed by atoms with E-state index >= 15 is 0 Å². The number of aromatic nitrogens is 2. The molecule has 0 spiro atoms. The molecular formula is C11H18N4S. The molecule has 1 aliphatic heterocycles. The first-order chi connectivity index (χ1) is 7.61. The molecule has 88 valence electrons. The Balaban J connectivity index is 2.16. The first kappa shape index (κ1) is 11.5. The molecule has 16 heavy (non-hydrogen) atoms.